The van der Waals surface area contributed by atoms with Crippen LogP contribution in [0.3, 0.4) is 0 Å². The van der Waals surface area contributed by atoms with Gasteiger partial charge >= 0.3 is 10.3 Å². The first-order valence-corrected chi connectivity index (χ1v) is 12.5. The van der Waals surface area contributed by atoms with Crippen LogP contribution in [0.25, 0.3) is 0 Å². The molecular weight excluding hydrogens is 460 g/mol. The number of thiazole rings is 1. The molecule has 2 rings (SSSR count). The largest absolute Gasteiger partial charge is 0.398 e. The highest BCUT2D eigenvalue weighted by Gasteiger charge is 2.53. The second-order valence-corrected chi connectivity index (χ2v) is 8.91. The minimum absolute atomic E-state index is 0.160. The van der Waals surface area contributed by atoms with Gasteiger partial charge in [0.25, 0.3) is 11.8 Å². The number of carbonyl (C=O) groups excluding carboxylic acids is 2. The number of carbonyl (C=O) groups is 2. The molecule has 1 aromatic heterocycles. The van der Waals surface area contributed by atoms with E-state index in [9.17, 15) is 18.0 Å². The van der Waals surface area contributed by atoms with Gasteiger partial charge in [-0.25, -0.2) is 9.29 Å². The van der Waals surface area contributed by atoms with Gasteiger partial charge in [-0.2, -0.15) is 8.42 Å². The van der Waals surface area contributed by atoms with Crippen LogP contribution in [0.15, 0.2) is 10.5 Å². The van der Waals surface area contributed by atoms with Gasteiger partial charge in [0.15, 0.2) is 10.8 Å². The highest BCUT2D eigenvalue weighted by atomic mass is 32.2. The van der Waals surface area contributed by atoms with E-state index in [1.54, 1.807) is 6.92 Å². The van der Waals surface area contributed by atoms with Crippen molar-refractivity contribution in [2.75, 3.05) is 32.5 Å². The Morgan fingerprint density at radius 1 is 1.34 bits per heavy atom. The first-order valence-electron chi connectivity index (χ1n) is 10.2. The molecule has 12 nitrogen and oxygen atoms in total. The maximum Gasteiger partial charge on any atom is 0.362 e. The molecule has 0 aromatic carbocycles. The van der Waals surface area contributed by atoms with Crippen molar-refractivity contribution in [2.45, 2.75) is 52.6 Å². The molecule has 2 heterocycles. The van der Waals surface area contributed by atoms with E-state index in [0.717, 1.165) is 11.3 Å². The minimum Gasteiger partial charge on any atom is -0.398 e. The zero-order valence-electron chi connectivity index (χ0n) is 18.9. The minimum atomic E-state index is -4.68. The Labute approximate surface area is 192 Å². The number of hydrogen-bond acceptors (Lipinski definition) is 10. The standard InChI is InChI=1S/C12H17N5O6S2.C6H15N/c1-3-4-7-9(11(19)17(7)25(20,21)22)15-10(18)8(16-23-2)6-5-24-12(13)14-6;1-4-7(5-2)6-3/h5,7,9H,3-4H2,1-2H3,(H2,13,14)(H,15,18)(H,20,21,22);4-6H2,1-3H3/b16-8-;/t7-,9-;/m0./s1. The fourth-order valence-electron chi connectivity index (χ4n) is 3.11. The first kappa shape index (κ1) is 27.7. The molecule has 0 aliphatic carbocycles. The predicted molar refractivity (Wildman–Crippen MR) is 123 cm³/mol. The number of aromatic nitrogens is 1. The molecule has 1 fully saturated rings. The average molecular weight is 493 g/mol. The summed E-state index contributed by atoms with van der Waals surface area (Å²) < 4.78 is 32.1. The van der Waals surface area contributed by atoms with Crippen molar-refractivity contribution in [1.29, 1.82) is 0 Å². The molecule has 1 aliphatic heterocycles. The molecule has 1 aromatic rings. The molecule has 0 unspecified atom stereocenters. The van der Waals surface area contributed by atoms with Crippen molar-refractivity contribution in [1.82, 2.24) is 19.5 Å². The van der Waals surface area contributed by atoms with E-state index in [1.807, 2.05) is 0 Å². The van der Waals surface area contributed by atoms with Crippen molar-refractivity contribution < 1.29 is 27.4 Å². The number of nitrogens with zero attached hydrogens (tertiary/aromatic N) is 4. The quantitative estimate of drug-likeness (QED) is 0.184. The maximum absolute atomic E-state index is 12.4. The van der Waals surface area contributed by atoms with Crippen molar-refractivity contribution >= 4 is 44.3 Å². The number of oxime groups is 1. The summed E-state index contributed by atoms with van der Waals surface area (Å²) in [5.74, 6) is -1.70. The van der Waals surface area contributed by atoms with Gasteiger partial charge in [0.2, 0.25) is 0 Å². The van der Waals surface area contributed by atoms with E-state index in [0.29, 0.717) is 10.7 Å². The lowest BCUT2D eigenvalue weighted by Gasteiger charge is -2.44. The Balaban J connectivity index is 0.000000633. The zero-order valence-corrected chi connectivity index (χ0v) is 20.6. The van der Waals surface area contributed by atoms with E-state index in [4.69, 9.17) is 10.3 Å². The van der Waals surface area contributed by atoms with Gasteiger partial charge in [0.05, 0.1) is 6.04 Å². The third kappa shape index (κ3) is 7.12. The Bertz CT molecular complexity index is 894. The van der Waals surface area contributed by atoms with Gasteiger partial charge in [-0.15, -0.1) is 11.3 Å². The molecule has 0 spiro atoms. The Morgan fingerprint density at radius 2 is 1.94 bits per heavy atom. The summed E-state index contributed by atoms with van der Waals surface area (Å²) in [5.41, 5.74) is 5.48. The lowest BCUT2D eigenvalue weighted by Crippen LogP contribution is -2.72. The fraction of sp³-hybridized carbons (Fsp3) is 0.667. The number of anilines is 1. The molecule has 1 aliphatic rings. The molecule has 14 heteroatoms. The van der Waals surface area contributed by atoms with Crippen LogP contribution in [0, 0.1) is 0 Å². The van der Waals surface area contributed by atoms with Gasteiger partial charge in [-0.3, -0.25) is 14.1 Å². The summed E-state index contributed by atoms with van der Waals surface area (Å²) >= 11 is 1.09. The van der Waals surface area contributed by atoms with Crippen LogP contribution < -0.4 is 11.1 Å². The van der Waals surface area contributed by atoms with Crippen LogP contribution in [0.5, 0.6) is 0 Å². The third-order valence-electron chi connectivity index (χ3n) is 4.79. The normalized spacial score (nSPS) is 18.7. The van der Waals surface area contributed by atoms with Gasteiger partial charge in [-0.05, 0) is 26.1 Å². The first-order chi connectivity index (χ1) is 15.0. The van der Waals surface area contributed by atoms with Gasteiger partial charge in [0, 0.05) is 5.38 Å². The van der Waals surface area contributed by atoms with Crippen LogP contribution in [0.2, 0.25) is 0 Å². The van der Waals surface area contributed by atoms with E-state index in [2.05, 4.69) is 46.0 Å². The number of β-lactam (4-membered cyclic amide) rings is 1. The second kappa shape index (κ2) is 12.7. The highest BCUT2D eigenvalue weighted by molar-refractivity contribution is 7.84. The lowest BCUT2D eigenvalue weighted by atomic mass is 9.94. The van der Waals surface area contributed by atoms with Gasteiger partial charge in [0.1, 0.15) is 18.8 Å². The summed E-state index contributed by atoms with van der Waals surface area (Å²) in [7, 11) is -3.45. The summed E-state index contributed by atoms with van der Waals surface area (Å²) in [4.78, 5) is 35.4. The highest BCUT2D eigenvalue weighted by Crippen LogP contribution is 2.27. The number of amides is 2. The number of hydrogen-bond donors (Lipinski definition) is 3. The van der Waals surface area contributed by atoms with Crippen LogP contribution >= 0.6 is 11.3 Å². The average Bonchev–Trinajstić information content (AvgIpc) is 3.16. The van der Waals surface area contributed by atoms with Crippen LogP contribution in [0.1, 0.15) is 46.2 Å². The number of nitrogen functional groups attached to an aromatic ring is 1. The van der Waals surface area contributed by atoms with Gasteiger partial charge < -0.3 is 20.8 Å². The fourth-order valence-corrected chi connectivity index (χ4v) is 4.57. The maximum atomic E-state index is 12.4. The van der Waals surface area contributed by atoms with E-state index in [-0.39, 0.29) is 23.0 Å². The van der Waals surface area contributed by atoms with E-state index >= 15 is 0 Å². The summed E-state index contributed by atoms with van der Waals surface area (Å²) in [6.45, 7) is 11.9. The summed E-state index contributed by atoms with van der Waals surface area (Å²) in [5, 5.41) is 7.69. The van der Waals surface area contributed by atoms with Crippen LogP contribution in [-0.2, 0) is 24.7 Å². The van der Waals surface area contributed by atoms with E-state index < -0.39 is 34.2 Å². The molecular formula is C18H32N6O6S2. The van der Waals surface area contributed by atoms with Crippen molar-refractivity contribution in [3.8, 4) is 0 Å². The molecule has 182 valence electrons. The zero-order chi connectivity index (χ0) is 24.5. The molecule has 0 saturated carbocycles. The smallest absolute Gasteiger partial charge is 0.362 e. The van der Waals surface area contributed by atoms with Crippen molar-refractivity contribution in [3.63, 3.8) is 0 Å². The molecule has 4 N–H and O–H groups in total. The molecule has 0 radical (unpaired) electrons. The number of nitrogens with one attached hydrogen (secondary N) is 1. The third-order valence-corrected chi connectivity index (χ3v) is 6.41. The number of nitrogens with two attached hydrogens (primary N) is 1. The van der Waals surface area contributed by atoms with Crippen molar-refractivity contribution in [3.05, 3.63) is 11.1 Å². The summed E-state index contributed by atoms with van der Waals surface area (Å²) in [6.07, 6.45) is 0.814. The molecule has 32 heavy (non-hydrogen) atoms. The van der Waals surface area contributed by atoms with E-state index in [1.165, 1.54) is 32.1 Å². The van der Waals surface area contributed by atoms with Crippen LogP contribution in [0.4, 0.5) is 5.13 Å². The van der Waals surface area contributed by atoms with Gasteiger partial charge in [-0.1, -0.05) is 39.3 Å². The Kier molecular flexibility index (Phi) is 11.0. The van der Waals surface area contributed by atoms with Crippen LogP contribution in [-0.4, -0.2) is 83.5 Å². The number of rotatable bonds is 10. The Hall–Kier alpha value is -2.29. The summed E-state index contributed by atoms with van der Waals surface area (Å²) in [6, 6.07) is -1.98. The molecule has 2 amide bonds. The lowest BCUT2D eigenvalue weighted by molar-refractivity contribution is -0.145. The second-order valence-electron chi connectivity index (χ2n) is 6.73. The molecule has 0 bridgehead atoms. The molecule has 2 atom stereocenters. The topological polar surface area (TPSA) is 168 Å². The Morgan fingerprint density at radius 3 is 2.31 bits per heavy atom. The molecule has 1 saturated heterocycles. The SMILES string of the molecule is CCC[C@H]1[C@H](NC(=O)/C(=N\OC)c2csc(N)n2)C(=O)N1S(=O)(=O)O.CCN(CC)CC. The van der Waals surface area contributed by atoms with Crippen molar-refractivity contribution in [2.24, 2.45) is 5.16 Å². The monoisotopic (exact) mass is 492 g/mol. The predicted octanol–water partition coefficient (Wildman–Crippen LogP) is 0.722.